The van der Waals surface area contributed by atoms with E-state index in [0.29, 0.717) is 26.3 Å². The Morgan fingerprint density at radius 3 is 2.42 bits per heavy atom. The van der Waals surface area contributed by atoms with Crippen molar-refractivity contribution >= 4 is 29.9 Å². The average Bonchev–Trinajstić information content (AvgIpc) is 3.22. The van der Waals surface area contributed by atoms with E-state index in [4.69, 9.17) is 18.8 Å². The Balaban J connectivity index is 1.30. The number of carbonyl (C=O) groups excluding carboxylic acids is 1. The standard InChI is InChI=1S/C21H29BN4O5/c1-20(2)21(3,4)31-22(30-20)15-11-18-17(5-6-23-26(18)12-15)24-7-9-25(10-8-24)19(27)29-16-13-28-14-16/h5-6,11-12,16H,7-10,13-14H2,1-4H3. The van der Waals surface area contributed by atoms with Gasteiger partial charge in [-0.15, -0.1) is 0 Å². The molecule has 2 aromatic heterocycles. The molecule has 0 atom stereocenters. The average molecular weight is 428 g/mol. The summed E-state index contributed by atoms with van der Waals surface area (Å²) in [6.45, 7) is 11.9. The number of anilines is 1. The molecule has 0 radical (unpaired) electrons. The SMILES string of the molecule is CC1(C)OB(c2cc3c(N4CCN(C(=O)OC5COC5)CC4)ccnn3c2)OC1(C)C. The lowest BCUT2D eigenvalue weighted by Crippen LogP contribution is -2.51. The zero-order valence-electron chi connectivity index (χ0n) is 18.5. The first-order valence-corrected chi connectivity index (χ1v) is 10.8. The number of fused-ring (bicyclic) bond motifs is 1. The van der Waals surface area contributed by atoms with E-state index in [0.717, 1.165) is 29.8 Å². The normalized spacial score (nSPS) is 23.3. The number of amides is 1. The number of hydrogen-bond donors (Lipinski definition) is 0. The molecule has 2 aromatic rings. The molecule has 3 saturated heterocycles. The summed E-state index contributed by atoms with van der Waals surface area (Å²) in [6.07, 6.45) is 3.42. The molecule has 0 aromatic carbocycles. The minimum Gasteiger partial charge on any atom is -0.441 e. The smallest absolute Gasteiger partial charge is 0.441 e. The summed E-state index contributed by atoms with van der Waals surface area (Å²) < 4.78 is 24.8. The van der Waals surface area contributed by atoms with Crippen LogP contribution in [-0.2, 0) is 18.8 Å². The number of nitrogens with zero attached hydrogens (tertiary/aromatic N) is 4. The molecule has 0 N–H and O–H groups in total. The number of hydrogen-bond acceptors (Lipinski definition) is 7. The van der Waals surface area contributed by atoms with Gasteiger partial charge in [0, 0.05) is 44.0 Å². The third kappa shape index (κ3) is 3.66. The van der Waals surface area contributed by atoms with Gasteiger partial charge in [0.1, 0.15) is 0 Å². The molecule has 166 valence electrons. The van der Waals surface area contributed by atoms with Gasteiger partial charge in [0.25, 0.3) is 0 Å². The quantitative estimate of drug-likeness (QED) is 0.682. The summed E-state index contributed by atoms with van der Waals surface area (Å²) in [5.74, 6) is 0. The zero-order chi connectivity index (χ0) is 21.8. The summed E-state index contributed by atoms with van der Waals surface area (Å²) in [5, 5.41) is 4.48. The molecular formula is C21H29BN4O5. The van der Waals surface area contributed by atoms with Crippen molar-refractivity contribution in [3.63, 3.8) is 0 Å². The first kappa shape index (κ1) is 20.6. The maximum Gasteiger partial charge on any atom is 0.496 e. The minimum absolute atomic E-state index is 0.0977. The van der Waals surface area contributed by atoms with Gasteiger partial charge in [0.2, 0.25) is 0 Å². The topological polar surface area (TPSA) is 77.8 Å². The molecule has 5 heterocycles. The van der Waals surface area contributed by atoms with Gasteiger partial charge in [-0.3, -0.25) is 0 Å². The van der Waals surface area contributed by atoms with Crippen LogP contribution in [0.3, 0.4) is 0 Å². The Morgan fingerprint density at radius 2 is 1.81 bits per heavy atom. The van der Waals surface area contributed by atoms with Gasteiger partial charge in [-0.2, -0.15) is 5.10 Å². The molecule has 0 spiro atoms. The molecule has 5 rings (SSSR count). The molecule has 3 fully saturated rings. The third-order valence-corrected chi connectivity index (χ3v) is 6.79. The van der Waals surface area contributed by atoms with E-state index in [1.807, 2.05) is 16.8 Å². The molecule has 9 nitrogen and oxygen atoms in total. The van der Waals surface area contributed by atoms with Crippen molar-refractivity contribution in [2.24, 2.45) is 0 Å². The lowest BCUT2D eigenvalue weighted by atomic mass is 9.81. The highest BCUT2D eigenvalue weighted by molar-refractivity contribution is 6.62. The maximum absolute atomic E-state index is 12.3. The highest BCUT2D eigenvalue weighted by Crippen LogP contribution is 2.36. The van der Waals surface area contributed by atoms with Gasteiger partial charge in [-0.05, 0) is 39.8 Å². The molecule has 0 bridgehead atoms. The number of piperazine rings is 1. The largest absolute Gasteiger partial charge is 0.496 e. The lowest BCUT2D eigenvalue weighted by Gasteiger charge is -2.37. The van der Waals surface area contributed by atoms with Gasteiger partial charge < -0.3 is 28.6 Å². The molecule has 10 heteroatoms. The fourth-order valence-corrected chi connectivity index (χ4v) is 4.02. The molecular weight excluding hydrogens is 399 g/mol. The Hall–Kier alpha value is -2.30. The van der Waals surface area contributed by atoms with Crippen molar-refractivity contribution in [3.8, 4) is 0 Å². The number of aromatic nitrogens is 2. The molecule has 0 aliphatic carbocycles. The van der Waals surface area contributed by atoms with Crippen LogP contribution < -0.4 is 10.4 Å². The Kier molecular flexibility index (Phi) is 4.91. The first-order valence-electron chi connectivity index (χ1n) is 10.8. The summed E-state index contributed by atoms with van der Waals surface area (Å²) in [7, 11) is -0.429. The van der Waals surface area contributed by atoms with Crippen molar-refractivity contribution in [1.29, 1.82) is 0 Å². The molecule has 31 heavy (non-hydrogen) atoms. The van der Waals surface area contributed by atoms with Crippen LogP contribution in [0.2, 0.25) is 0 Å². The van der Waals surface area contributed by atoms with E-state index in [2.05, 4.69) is 43.8 Å². The Bertz CT molecular complexity index is 965. The summed E-state index contributed by atoms with van der Waals surface area (Å²) in [5.41, 5.74) is 2.24. The van der Waals surface area contributed by atoms with E-state index >= 15 is 0 Å². The number of carbonyl (C=O) groups is 1. The van der Waals surface area contributed by atoms with Gasteiger partial charge in [0.05, 0.1) is 35.6 Å². The van der Waals surface area contributed by atoms with Gasteiger partial charge in [-0.25, -0.2) is 9.31 Å². The highest BCUT2D eigenvalue weighted by atomic mass is 16.7. The van der Waals surface area contributed by atoms with Crippen LogP contribution in [-0.4, -0.2) is 84.4 Å². The molecule has 0 unspecified atom stereocenters. The maximum atomic E-state index is 12.3. The van der Waals surface area contributed by atoms with Crippen LogP contribution >= 0.6 is 0 Å². The number of ether oxygens (including phenoxy) is 2. The summed E-state index contributed by atoms with van der Waals surface area (Å²) in [4.78, 5) is 16.3. The van der Waals surface area contributed by atoms with E-state index in [1.54, 1.807) is 11.1 Å². The fraction of sp³-hybridized carbons (Fsp3) is 0.619. The van der Waals surface area contributed by atoms with Gasteiger partial charge >= 0.3 is 13.2 Å². The van der Waals surface area contributed by atoms with Crippen molar-refractivity contribution in [2.45, 2.75) is 45.0 Å². The third-order valence-electron chi connectivity index (χ3n) is 6.79. The second-order valence-electron chi connectivity index (χ2n) is 9.43. The van der Waals surface area contributed by atoms with Crippen LogP contribution in [0.15, 0.2) is 24.5 Å². The summed E-state index contributed by atoms with van der Waals surface area (Å²) in [6, 6.07) is 4.10. The van der Waals surface area contributed by atoms with Crippen LogP contribution in [0, 0.1) is 0 Å². The van der Waals surface area contributed by atoms with E-state index in [9.17, 15) is 4.79 Å². The minimum atomic E-state index is -0.429. The first-order chi connectivity index (χ1) is 14.7. The van der Waals surface area contributed by atoms with Crippen molar-refractivity contribution in [3.05, 3.63) is 24.5 Å². The van der Waals surface area contributed by atoms with Crippen LogP contribution in [0.25, 0.3) is 5.52 Å². The lowest BCUT2D eigenvalue weighted by molar-refractivity contribution is -0.104. The monoisotopic (exact) mass is 428 g/mol. The van der Waals surface area contributed by atoms with Gasteiger partial charge in [0.15, 0.2) is 6.10 Å². The fourth-order valence-electron chi connectivity index (χ4n) is 4.02. The second kappa shape index (κ2) is 7.39. The zero-order valence-corrected chi connectivity index (χ0v) is 18.5. The molecule has 3 aliphatic rings. The van der Waals surface area contributed by atoms with Crippen LogP contribution in [0.1, 0.15) is 27.7 Å². The summed E-state index contributed by atoms with van der Waals surface area (Å²) >= 11 is 0. The van der Waals surface area contributed by atoms with Crippen LogP contribution in [0.4, 0.5) is 10.5 Å². The molecule has 3 aliphatic heterocycles. The predicted octanol–water partition coefficient (Wildman–Crippen LogP) is 1.29. The van der Waals surface area contributed by atoms with Crippen molar-refractivity contribution in [2.75, 3.05) is 44.3 Å². The highest BCUT2D eigenvalue weighted by Gasteiger charge is 2.52. The molecule has 0 saturated carbocycles. The van der Waals surface area contributed by atoms with Crippen LogP contribution in [0.5, 0.6) is 0 Å². The van der Waals surface area contributed by atoms with Crippen molar-refractivity contribution in [1.82, 2.24) is 14.5 Å². The van der Waals surface area contributed by atoms with Gasteiger partial charge in [-0.1, -0.05) is 0 Å². The van der Waals surface area contributed by atoms with E-state index in [1.165, 1.54) is 0 Å². The van der Waals surface area contributed by atoms with E-state index < -0.39 is 18.3 Å². The Morgan fingerprint density at radius 1 is 1.13 bits per heavy atom. The number of rotatable bonds is 3. The predicted molar refractivity (Wildman–Crippen MR) is 116 cm³/mol. The second-order valence-corrected chi connectivity index (χ2v) is 9.43. The van der Waals surface area contributed by atoms with E-state index in [-0.39, 0.29) is 12.2 Å². The Labute approximate surface area is 182 Å². The van der Waals surface area contributed by atoms with Crippen molar-refractivity contribution < 1.29 is 23.6 Å². The molecule has 1 amide bonds.